The molecule has 2 unspecified atom stereocenters. The number of aromatic nitrogens is 2. The van der Waals surface area contributed by atoms with Gasteiger partial charge in [-0.2, -0.15) is 0 Å². The molecule has 3 aliphatic heterocycles. The molecule has 3 aromatic rings. The Labute approximate surface area is 198 Å². The summed E-state index contributed by atoms with van der Waals surface area (Å²) in [6.07, 6.45) is 3.04. The van der Waals surface area contributed by atoms with Crippen LogP contribution in [0.3, 0.4) is 0 Å². The predicted octanol–water partition coefficient (Wildman–Crippen LogP) is 3.81. The first-order valence-electron chi connectivity index (χ1n) is 11.7. The normalized spacial score (nSPS) is 19.9. The van der Waals surface area contributed by atoms with Gasteiger partial charge in [-0.05, 0) is 54.3 Å². The van der Waals surface area contributed by atoms with E-state index in [2.05, 4.69) is 37.2 Å². The van der Waals surface area contributed by atoms with Gasteiger partial charge in [-0.25, -0.2) is 14.4 Å². The molecule has 0 radical (unpaired) electrons. The van der Waals surface area contributed by atoms with Gasteiger partial charge in [-0.1, -0.05) is 18.2 Å². The fourth-order valence-corrected chi connectivity index (χ4v) is 4.85. The summed E-state index contributed by atoms with van der Waals surface area (Å²) in [5, 5.41) is 12.6. The van der Waals surface area contributed by atoms with Crippen LogP contribution < -0.4 is 10.2 Å². The monoisotopic (exact) mass is 461 g/mol. The maximum absolute atomic E-state index is 14.5. The van der Waals surface area contributed by atoms with E-state index in [-0.39, 0.29) is 18.3 Å². The van der Waals surface area contributed by atoms with Crippen molar-refractivity contribution >= 4 is 17.6 Å². The van der Waals surface area contributed by atoms with Crippen molar-refractivity contribution in [2.75, 3.05) is 36.4 Å². The second-order valence-corrected chi connectivity index (χ2v) is 8.96. The van der Waals surface area contributed by atoms with E-state index in [1.165, 1.54) is 0 Å². The van der Waals surface area contributed by atoms with Crippen LogP contribution in [0.1, 0.15) is 24.0 Å². The number of nitrogens with one attached hydrogen (secondary N) is 1. The number of piperazine rings is 1. The van der Waals surface area contributed by atoms with Crippen LogP contribution in [0.15, 0.2) is 54.7 Å². The highest BCUT2D eigenvalue weighted by atomic mass is 19.1. The van der Waals surface area contributed by atoms with E-state index in [4.69, 9.17) is 0 Å². The minimum atomic E-state index is -0.794. The number of carbonyl (C=O) groups is 1. The highest BCUT2D eigenvalue weighted by Crippen LogP contribution is 2.27. The number of hydrogen-bond donors (Lipinski definition) is 2. The molecule has 8 heteroatoms. The molecule has 2 atom stereocenters. The van der Waals surface area contributed by atoms with E-state index in [1.54, 1.807) is 18.3 Å². The number of rotatable bonds is 3. The first-order valence-corrected chi connectivity index (χ1v) is 11.7. The van der Waals surface area contributed by atoms with E-state index in [9.17, 15) is 14.3 Å². The van der Waals surface area contributed by atoms with Gasteiger partial charge in [0.2, 0.25) is 5.95 Å². The molecule has 0 spiro atoms. The molecule has 1 fully saturated rings. The molecule has 4 heterocycles. The molecule has 1 saturated heterocycles. The van der Waals surface area contributed by atoms with Crippen LogP contribution in [-0.4, -0.2) is 58.2 Å². The van der Waals surface area contributed by atoms with Crippen LogP contribution in [0.5, 0.6) is 0 Å². The van der Waals surface area contributed by atoms with Crippen molar-refractivity contribution in [1.82, 2.24) is 14.9 Å². The highest BCUT2D eigenvalue weighted by molar-refractivity contribution is 5.66. The van der Waals surface area contributed by atoms with Crippen molar-refractivity contribution in [1.29, 1.82) is 0 Å². The van der Waals surface area contributed by atoms with Crippen LogP contribution in [0, 0.1) is 5.82 Å². The molecule has 2 N–H and O–H groups in total. The smallest absolute Gasteiger partial charge is 0.303 e. The van der Waals surface area contributed by atoms with Crippen LogP contribution in [0.4, 0.5) is 16.0 Å². The Morgan fingerprint density at radius 3 is 2.94 bits per heavy atom. The number of nitrogens with zero attached hydrogens (tertiary/aromatic N) is 4. The Morgan fingerprint density at radius 1 is 1.15 bits per heavy atom. The summed E-state index contributed by atoms with van der Waals surface area (Å²) in [5.74, 6) is -0.507. The van der Waals surface area contributed by atoms with Gasteiger partial charge in [0.25, 0.3) is 0 Å². The molecular weight excluding hydrogens is 433 g/mol. The number of carboxylic acid groups (broad SMARTS) is 1. The molecule has 176 valence electrons. The molecule has 2 aromatic carbocycles. The number of aliphatic carboxylic acids is 1. The second-order valence-electron chi connectivity index (χ2n) is 8.96. The molecule has 1 aromatic heterocycles. The molecule has 6 rings (SSSR count). The molecular formula is C26H28FN5O2. The van der Waals surface area contributed by atoms with Crippen molar-refractivity contribution in [3.05, 3.63) is 71.7 Å². The lowest BCUT2D eigenvalue weighted by Gasteiger charge is -2.42. The largest absolute Gasteiger partial charge is 0.481 e. The maximum Gasteiger partial charge on any atom is 0.303 e. The summed E-state index contributed by atoms with van der Waals surface area (Å²) in [7, 11) is 0. The lowest BCUT2D eigenvalue weighted by Crippen LogP contribution is -2.53. The summed E-state index contributed by atoms with van der Waals surface area (Å²) in [6, 6.07) is 15.4. The van der Waals surface area contributed by atoms with E-state index in [1.807, 2.05) is 24.3 Å². The third-order valence-electron chi connectivity index (χ3n) is 6.56. The predicted molar refractivity (Wildman–Crippen MR) is 129 cm³/mol. The lowest BCUT2D eigenvalue weighted by atomic mass is 10.0. The van der Waals surface area contributed by atoms with Crippen molar-refractivity contribution in [2.24, 2.45) is 0 Å². The number of fused-ring (bicyclic) bond motifs is 4. The summed E-state index contributed by atoms with van der Waals surface area (Å²) >= 11 is 0. The van der Waals surface area contributed by atoms with E-state index >= 15 is 0 Å². The molecule has 3 aliphatic rings. The maximum atomic E-state index is 14.5. The zero-order valence-corrected chi connectivity index (χ0v) is 19.0. The number of halogens is 1. The zero-order valence-electron chi connectivity index (χ0n) is 19.0. The zero-order chi connectivity index (χ0) is 23.5. The fraction of sp³-hybridized carbons (Fsp3) is 0.346. The molecule has 7 nitrogen and oxygen atoms in total. The molecule has 34 heavy (non-hydrogen) atoms. The van der Waals surface area contributed by atoms with Gasteiger partial charge in [0, 0.05) is 62.6 Å². The highest BCUT2D eigenvalue weighted by Gasteiger charge is 2.28. The van der Waals surface area contributed by atoms with Gasteiger partial charge in [0.15, 0.2) is 0 Å². The molecule has 0 amide bonds. The van der Waals surface area contributed by atoms with E-state index in [0.29, 0.717) is 31.9 Å². The summed E-state index contributed by atoms with van der Waals surface area (Å²) in [6.45, 7) is 3.51. The van der Waals surface area contributed by atoms with Crippen molar-refractivity contribution in [3.8, 4) is 11.3 Å². The molecule has 8 bridgehead atoms. The standard InChI is InChI=1S/C26H28FN5O2/c27-21-13-18-6-8-28-26-29-9-7-24(30-26)20-3-1-2-19(12-20)16-31-10-11-32(23(14-18)15-21)17-22(31)4-5-25(33)34/h1-3,7,9,12-15,22H,4-6,8,10-11,16-17H2,(H,33,34)(H,28,29,30). The third kappa shape index (κ3) is 5.17. The van der Waals surface area contributed by atoms with Crippen LogP contribution in [0.25, 0.3) is 11.3 Å². The second kappa shape index (κ2) is 9.77. The SMILES string of the molecule is O=C(O)CCC1CN2CCN1Cc1cccc(c1)-c1ccnc(n1)NCCc1cc(F)cc2c1. The Kier molecular flexibility index (Phi) is 6.40. The number of benzene rings is 2. The van der Waals surface area contributed by atoms with Gasteiger partial charge < -0.3 is 15.3 Å². The Balaban J connectivity index is 1.52. The van der Waals surface area contributed by atoms with Crippen molar-refractivity contribution in [3.63, 3.8) is 0 Å². The summed E-state index contributed by atoms with van der Waals surface area (Å²) in [4.78, 5) is 24.9. The van der Waals surface area contributed by atoms with Crippen LogP contribution in [0.2, 0.25) is 0 Å². The Hall–Kier alpha value is -3.52. The van der Waals surface area contributed by atoms with E-state index < -0.39 is 5.97 Å². The Bertz CT molecular complexity index is 1190. The lowest BCUT2D eigenvalue weighted by molar-refractivity contribution is -0.137. The van der Waals surface area contributed by atoms with Crippen LogP contribution in [-0.2, 0) is 17.8 Å². The third-order valence-corrected chi connectivity index (χ3v) is 6.56. The van der Waals surface area contributed by atoms with Crippen molar-refractivity contribution in [2.45, 2.75) is 31.8 Å². The molecule has 0 aliphatic carbocycles. The van der Waals surface area contributed by atoms with Crippen LogP contribution >= 0.6 is 0 Å². The minimum absolute atomic E-state index is 0.0585. The average Bonchev–Trinajstić information content (AvgIpc) is 2.83. The summed E-state index contributed by atoms with van der Waals surface area (Å²) in [5.41, 5.74) is 4.75. The first kappa shape index (κ1) is 22.3. The van der Waals surface area contributed by atoms with Gasteiger partial charge in [-0.3, -0.25) is 9.69 Å². The van der Waals surface area contributed by atoms with Gasteiger partial charge in [-0.15, -0.1) is 0 Å². The van der Waals surface area contributed by atoms with Gasteiger partial charge >= 0.3 is 5.97 Å². The fourth-order valence-electron chi connectivity index (χ4n) is 4.85. The van der Waals surface area contributed by atoms with E-state index in [0.717, 1.165) is 47.7 Å². The topological polar surface area (TPSA) is 81.6 Å². The Morgan fingerprint density at radius 2 is 2.06 bits per heavy atom. The van der Waals surface area contributed by atoms with Crippen molar-refractivity contribution < 1.29 is 14.3 Å². The average molecular weight is 462 g/mol. The van der Waals surface area contributed by atoms with Gasteiger partial charge in [0.1, 0.15) is 5.82 Å². The number of carboxylic acids is 1. The quantitative estimate of drug-likeness (QED) is 0.614. The first-order chi connectivity index (χ1) is 16.5. The summed E-state index contributed by atoms with van der Waals surface area (Å²) < 4.78 is 14.5. The minimum Gasteiger partial charge on any atom is -0.481 e. The number of anilines is 2. The molecule has 0 saturated carbocycles. The number of hydrogen-bond acceptors (Lipinski definition) is 6. The van der Waals surface area contributed by atoms with Gasteiger partial charge in [0.05, 0.1) is 5.69 Å².